The van der Waals surface area contributed by atoms with Crippen LogP contribution in [0.4, 0.5) is 13.2 Å². The average molecular weight is 505 g/mol. The van der Waals surface area contributed by atoms with Gasteiger partial charge < -0.3 is 9.64 Å². The van der Waals surface area contributed by atoms with Crippen LogP contribution in [0.1, 0.15) is 81.5 Å². The van der Waals surface area contributed by atoms with E-state index in [1.807, 2.05) is 4.90 Å². The van der Waals surface area contributed by atoms with Gasteiger partial charge in [0.25, 0.3) is 0 Å². The van der Waals surface area contributed by atoms with Crippen molar-refractivity contribution in [3.8, 4) is 0 Å². The summed E-state index contributed by atoms with van der Waals surface area (Å²) in [6.45, 7) is 5.11. The SMILES string of the molecule is CC(C1CCC2COCCC2C1)C1CC2CCCC2(C(=O)N2CCc3ncc(C(F)(F)F)cc3C2)C1. The van der Waals surface area contributed by atoms with Crippen LogP contribution in [0.2, 0.25) is 0 Å². The molecule has 6 rings (SSSR count). The minimum absolute atomic E-state index is 0.205. The molecular formula is C29H39F3N2O2. The molecular weight excluding hydrogens is 465 g/mol. The van der Waals surface area contributed by atoms with Gasteiger partial charge in [-0.25, -0.2) is 0 Å². The van der Waals surface area contributed by atoms with E-state index in [1.165, 1.54) is 31.7 Å². The zero-order valence-corrected chi connectivity index (χ0v) is 21.4. The number of carbonyl (C=O) groups is 1. The Hall–Kier alpha value is -1.63. The van der Waals surface area contributed by atoms with E-state index < -0.39 is 11.7 Å². The molecule has 7 unspecified atom stereocenters. The van der Waals surface area contributed by atoms with Gasteiger partial charge in [0.1, 0.15) is 0 Å². The number of carbonyl (C=O) groups excluding carboxylic acids is 1. The minimum atomic E-state index is -4.41. The second-order valence-corrected chi connectivity index (χ2v) is 12.6. The van der Waals surface area contributed by atoms with Crippen molar-refractivity contribution in [2.24, 2.45) is 40.9 Å². The standard InChI is InChI=1S/C29H39F3N2O2/c1-18(19-4-5-21-17-36-10-7-20(21)11-19)22-12-24-3-2-8-28(24,14-22)27(35)34-9-6-26-23(16-34)13-25(15-33-26)29(30,31)32/h13,15,18-22,24H,2-12,14,16-17H2,1H3. The third kappa shape index (κ3) is 4.27. The normalized spacial score (nSPS) is 37.2. The molecule has 198 valence electrons. The van der Waals surface area contributed by atoms with Crippen molar-refractivity contribution in [2.45, 2.75) is 83.9 Å². The number of amides is 1. The van der Waals surface area contributed by atoms with Crippen molar-refractivity contribution in [2.75, 3.05) is 19.8 Å². The number of fused-ring (bicyclic) bond motifs is 3. The van der Waals surface area contributed by atoms with Crippen LogP contribution in [0.3, 0.4) is 0 Å². The molecule has 1 aromatic heterocycles. The molecule has 1 aromatic rings. The number of ether oxygens (including phenoxy) is 1. The van der Waals surface area contributed by atoms with Crippen LogP contribution in [0.25, 0.3) is 0 Å². The largest absolute Gasteiger partial charge is 0.417 e. The summed E-state index contributed by atoms with van der Waals surface area (Å²) in [7, 11) is 0. The smallest absolute Gasteiger partial charge is 0.381 e. The lowest BCUT2D eigenvalue weighted by molar-refractivity contribution is -0.144. The Morgan fingerprint density at radius 2 is 2.03 bits per heavy atom. The number of hydrogen-bond acceptors (Lipinski definition) is 3. The molecule has 0 bridgehead atoms. The lowest BCUT2D eigenvalue weighted by atomic mass is 9.66. The van der Waals surface area contributed by atoms with E-state index in [0.29, 0.717) is 42.0 Å². The zero-order chi connectivity index (χ0) is 25.1. The summed E-state index contributed by atoms with van der Waals surface area (Å²) in [5.74, 6) is 4.14. The Labute approximate surface area is 212 Å². The van der Waals surface area contributed by atoms with Gasteiger partial charge in [0, 0.05) is 44.6 Å². The summed E-state index contributed by atoms with van der Waals surface area (Å²) in [5, 5.41) is 0. The summed E-state index contributed by atoms with van der Waals surface area (Å²) in [6, 6.07) is 1.21. The van der Waals surface area contributed by atoms with Crippen molar-refractivity contribution in [1.29, 1.82) is 0 Å². The monoisotopic (exact) mass is 504 g/mol. The van der Waals surface area contributed by atoms with Gasteiger partial charge in [-0.3, -0.25) is 9.78 Å². The third-order valence-electron chi connectivity index (χ3n) is 10.9. The van der Waals surface area contributed by atoms with Crippen LogP contribution in [0.15, 0.2) is 12.3 Å². The molecule has 0 spiro atoms. The van der Waals surface area contributed by atoms with Crippen LogP contribution in [-0.4, -0.2) is 35.5 Å². The summed E-state index contributed by atoms with van der Waals surface area (Å²) in [6.07, 6.45) is 7.39. The highest BCUT2D eigenvalue weighted by atomic mass is 19.4. The first-order valence-corrected chi connectivity index (χ1v) is 14.2. The lowest BCUT2D eigenvalue weighted by Gasteiger charge is -2.42. The molecule has 1 saturated heterocycles. The van der Waals surface area contributed by atoms with Crippen molar-refractivity contribution in [3.05, 3.63) is 29.1 Å². The summed E-state index contributed by atoms with van der Waals surface area (Å²) >= 11 is 0. The number of pyridine rings is 1. The predicted octanol–water partition coefficient (Wildman–Crippen LogP) is 6.27. The highest BCUT2D eigenvalue weighted by Crippen LogP contribution is 2.60. The maximum absolute atomic E-state index is 14.1. The molecule has 1 amide bonds. The van der Waals surface area contributed by atoms with Crippen LogP contribution < -0.4 is 0 Å². The fourth-order valence-electron chi connectivity index (χ4n) is 8.78. The molecule has 0 aromatic carbocycles. The first kappa shape index (κ1) is 24.7. The minimum Gasteiger partial charge on any atom is -0.381 e. The Morgan fingerprint density at radius 3 is 2.86 bits per heavy atom. The number of nitrogens with zero attached hydrogens (tertiary/aromatic N) is 2. The van der Waals surface area contributed by atoms with Crippen molar-refractivity contribution >= 4 is 5.91 Å². The Morgan fingerprint density at radius 1 is 1.17 bits per heavy atom. The number of hydrogen-bond donors (Lipinski definition) is 0. The van der Waals surface area contributed by atoms with E-state index >= 15 is 0 Å². The van der Waals surface area contributed by atoms with Crippen molar-refractivity contribution in [1.82, 2.24) is 9.88 Å². The molecule has 4 nitrogen and oxygen atoms in total. The molecule has 4 fully saturated rings. The van der Waals surface area contributed by atoms with Crippen molar-refractivity contribution < 1.29 is 22.7 Å². The molecule has 7 atom stereocenters. The first-order valence-electron chi connectivity index (χ1n) is 14.2. The maximum Gasteiger partial charge on any atom is 0.417 e. The zero-order valence-electron chi connectivity index (χ0n) is 21.4. The van der Waals surface area contributed by atoms with Gasteiger partial charge >= 0.3 is 6.18 Å². The molecule has 3 heterocycles. The summed E-state index contributed by atoms with van der Waals surface area (Å²) in [4.78, 5) is 20.1. The average Bonchev–Trinajstić information content (AvgIpc) is 3.45. The van der Waals surface area contributed by atoms with E-state index in [0.717, 1.165) is 69.3 Å². The number of rotatable bonds is 3. The van der Waals surface area contributed by atoms with E-state index in [4.69, 9.17) is 4.74 Å². The molecule has 3 aliphatic carbocycles. The second kappa shape index (κ2) is 9.28. The molecule has 2 aliphatic heterocycles. The third-order valence-corrected chi connectivity index (χ3v) is 10.9. The molecule has 36 heavy (non-hydrogen) atoms. The number of aromatic nitrogens is 1. The van der Waals surface area contributed by atoms with Gasteiger partial charge in [-0.1, -0.05) is 13.3 Å². The Balaban J connectivity index is 1.16. The van der Waals surface area contributed by atoms with Gasteiger partial charge in [0.05, 0.1) is 11.0 Å². The van der Waals surface area contributed by atoms with E-state index in [9.17, 15) is 18.0 Å². The number of alkyl halides is 3. The Kier molecular flexibility index (Phi) is 6.37. The lowest BCUT2D eigenvalue weighted by Crippen LogP contribution is -2.46. The first-order chi connectivity index (χ1) is 17.2. The van der Waals surface area contributed by atoms with E-state index in [-0.39, 0.29) is 17.9 Å². The topological polar surface area (TPSA) is 42.4 Å². The second-order valence-electron chi connectivity index (χ2n) is 12.6. The van der Waals surface area contributed by atoms with Crippen LogP contribution in [0.5, 0.6) is 0 Å². The van der Waals surface area contributed by atoms with E-state index in [1.54, 1.807) is 0 Å². The van der Waals surface area contributed by atoms with Gasteiger partial charge in [0.15, 0.2) is 0 Å². The van der Waals surface area contributed by atoms with Crippen molar-refractivity contribution in [3.63, 3.8) is 0 Å². The highest BCUT2D eigenvalue weighted by molar-refractivity contribution is 5.84. The molecule has 0 radical (unpaired) electrons. The van der Waals surface area contributed by atoms with Crippen LogP contribution >= 0.6 is 0 Å². The van der Waals surface area contributed by atoms with Gasteiger partial charge in [0.2, 0.25) is 5.91 Å². The van der Waals surface area contributed by atoms with Gasteiger partial charge in [-0.2, -0.15) is 13.2 Å². The van der Waals surface area contributed by atoms with Crippen LogP contribution in [-0.2, 0) is 28.7 Å². The molecule has 5 aliphatic rings. The molecule has 3 saturated carbocycles. The summed E-state index contributed by atoms with van der Waals surface area (Å²) in [5.41, 5.74) is 0.239. The Bertz CT molecular complexity index is 997. The fraction of sp³-hybridized carbons (Fsp3) is 0.793. The quantitative estimate of drug-likeness (QED) is 0.487. The predicted molar refractivity (Wildman–Crippen MR) is 130 cm³/mol. The summed E-state index contributed by atoms with van der Waals surface area (Å²) < 4.78 is 45.5. The van der Waals surface area contributed by atoms with E-state index in [2.05, 4.69) is 11.9 Å². The highest BCUT2D eigenvalue weighted by Gasteiger charge is 2.57. The molecule has 0 N–H and O–H groups in total. The van der Waals surface area contributed by atoms with Crippen LogP contribution in [0, 0.1) is 40.9 Å². The molecule has 7 heteroatoms. The number of halogens is 3. The van der Waals surface area contributed by atoms with Gasteiger partial charge in [-0.15, -0.1) is 0 Å². The maximum atomic E-state index is 14.1. The fourth-order valence-corrected chi connectivity index (χ4v) is 8.78. The van der Waals surface area contributed by atoms with Gasteiger partial charge in [-0.05, 0) is 98.5 Å².